The Labute approximate surface area is 169 Å². The predicted octanol–water partition coefficient (Wildman–Crippen LogP) is 4.78. The molecule has 6 nitrogen and oxygen atoms in total. The first-order valence-electron chi connectivity index (χ1n) is 8.39. The van der Waals surface area contributed by atoms with Crippen molar-refractivity contribution in [1.29, 1.82) is 0 Å². The highest BCUT2D eigenvalue weighted by molar-refractivity contribution is 7.12. The molecule has 1 aromatic carbocycles. The van der Waals surface area contributed by atoms with E-state index < -0.39 is 5.97 Å². The van der Waals surface area contributed by atoms with Gasteiger partial charge in [0.2, 0.25) is 0 Å². The summed E-state index contributed by atoms with van der Waals surface area (Å²) in [6.45, 7) is 1.76. The zero-order valence-electron chi connectivity index (χ0n) is 14.8. The molecule has 0 aliphatic heterocycles. The van der Waals surface area contributed by atoms with Crippen molar-refractivity contribution in [1.82, 2.24) is 9.78 Å². The molecular weight excluding hydrogens is 394 g/mol. The van der Waals surface area contributed by atoms with Gasteiger partial charge in [0, 0.05) is 0 Å². The SMILES string of the molecule is Cc1nn(-c2ccccc2)c(OC(=O)c2cccs2)c1NC(=O)c1cccs1. The Hall–Kier alpha value is -3.23. The first-order valence-corrected chi connectivity index (χ1v) is 10.1. The fraction of sp³-hybridized carbons (Fsp3) is 0.0500. The molecule has 0 unspecified atom stereocenters. The van der Waals surface area contributed by atoms with E-state index in [-0.39, 0.29) is 11.8 Å². The first-order chi connectivity index (χ1) is 13.6. The van der Waals surface area contributed by atoms with E-state index in [1.165, 1.54) is 27.4 Å². The Balaban J connectivity index is 1.75. The summed E-state index contributed by atoms with van der Waals surface area (Å²) in [4.78, 5) is 26.2. The van der Waals surface area contributed by atoms with Crippen LogP contribution in [0.5, 0.6) is 5.88 Å². The van der Waals surface area contributed by atoms with E-state index >= 15 is 0 Å². The zero-order chi connectivity index (χ0) is 19.5. The minimum Gasteiger partial charge on any atom is -0.401 e. The fourth-order valence-electron chi connectivity index (χ4n) is 2.60. The normalized spacial score (nSPS) is 10.6. The maximum Gasteiger partial charge on any atom is 0.355 e. The van der Waals surface area contributed by atoms with Crippen molar-refractivity contribution in [2.45, 2.75) is 6.92 Å². The van der Waals surface area contributed by atoms with Crippen LogP contribution in [-0.4, -0.2) is 21.7 Å². The molecule has 140 valence electrons. The maximum atomic E-state index is 12.6. The summed E-state index contributed by atoms with van der Waals surface area (Å²) >= 11 is 2.62. The van der Waals surface area contributed by atoms with Gasteiger partial charge in [-0.25, -0.2) is 4.79 Å². The summed E-state index contributed by atoms with van der Waals surface area (Å²) in [6.07, 6.45) is 0. The number of amides is 1. The number of carbonyl (C=O) groups is 2. The van der Waals surface area contributed by atoms with Gasteiger partial charge in [-0.3, -0.25) is 4.79 Å². The number of aryl methyl sites for hydroxylation is 1. The van der Waals surface area contributed by atoms with Crippen LogP contribution in [0.3, 0.4) is 0 Å². The van der Waals surface area contributed by atoms with Crippen LogP contribution < -0.4 is 10.1 Å². The molecule has 4 aromatic rings. The smallest absolute Gasteiger partial charge is 0.355 e. The monoisotopic (exact) mass is 409 g/mol. The van der Waals surface area contributed by atoms with Gasteiger partial charge in [-0.2, -0.15) is 9.78 Å². The molecule has 0 spiro atoms. The molecule has 0 fully saturated rings. The number of benzene rings is 1. The number of nitrogens with zero attached hydrogens (tertiary/aromatic N) is 2. The first kappa shape index (κ1) is 18.1. The topological polar surface area (TPSA) is 73.2 Å². The lowest BCUT2D eigenvalue weighted by atomic mass is 10.3. The molecule has 28 heavy (non-hydrogen) atoms. The third-order valence-electron chi connectivity index (χ3n) is 3.91. The second kappa shape index (κ2) is 7.79. The van der Waals surface area contributed by atoms with Crippen LogP contribution in [0.4, 0.5) is 5.69 Å². The van der Waals surface area contributed by atoms with Gasteiger partial charge in [-0.1, -0.05) is 30.3 Å². The Morgan fingerprint density at radius 2 is 1.64 bits per heavy atom. The molecule has 0 radical (unpaired) electrons. The number of hydrogen-bond acceptors (Lipinski definition) is 6. The van der Waals surface area contributed by atoms with Crippen LogP contribution in [0.2, 0.25) is 0 Å². The van der Waals surface area contributed by atoms with Gasteiger partial charge in [0.25, 0.3) is 11.8 Å². The number of rotatable bonds is 5. The molecule has 0 saturated heterocycles. The van der Waals surface area contributed by atoms with Crippen LogP contribution >= 0.6 is 22.7 Å². The van der Waals surface area contributed by atoms with Crippen molar-refractivity contribution in [3.05, 3.63) is 80.8 Å². The van der Waals surface area contributed by atoms with Crippen molar-refractivity contribution < 1.29 is 14.3 Å². The Bertz CT molecular complexity index is 1100. The number of thiophene rings is 2. The number of ether oxygens (including phenoxy) is 1. The van der Waals surface area contributed by atoms with E-state index in [1.54, 1.807) is 36.6 Å². The number of para-hydroxylation sites is 1. The van der Waals surface area contributed by atoms with Gasteiger partial charge in [-0.05, 0) is 41.9 Å². The molecule has 0 aliphatic rings. The average Bonchev–Trinajstić information content (AvgIpc) is 3.46. The van der Waals surface area contributed by atoms with Gasteiger partial charge in [0.05, 0.1) is 16.3 Å². The quantitative estimate of drug-likeness (QED) is 0.482. The molecule has 1 N–H and O–H groups in total. The predicted molar refractivity (Wildman–Crippen MR) is 110 cm³/mol. The summed E-state index contributed by atoms with van der Waals surface area (Å²) < 4.78 is 7.19. The van der Waals surface area contributed by atoms with Crippen LogP contribution in [0.15, 0.2) is 65.4 Å². The number of hydrogen-bond donors (Lipinski definition) is 1. The summed E-state index contributed by atoms with van der Waals surface area (Å²) in [5.41, 5.74) is 1.63. The number of carbonyl (C=O) groups excluding carboxylic acids is 2. The Morgan fingerprint density at radius 1 is 0.964 bits per heavy atom. The molecule has 4 rings (SSSR count). The lowest BCUT2D eigenvalue weighted by Gasteiger charge is -2.10. The molecule has 0 saturated carbocycles. The maximum absolute atomic E-state index is 12.6. The molecule has 3 heterocycles. The van der Waals surface area contributed by atoms with Gasteiger partial charge in [0.15, 0.2) is 0 Å². The summed E-state index contributed by atoms with van der Waals surface area (Å²) in [5.74, 6) is -0.607. The lowest BCUT2D eigenvalue weighted by Crippen LogP contribution is -2.15. The molecule has 1 amide bonds. The third-order valence-corrected chi connectivity index (χ3v) is 5.63. The van der Waals surface area contributed by atoms with Crippen molar-refractivity contribution >= 4 is 40.2 Å². The molecule has 0 bridgehead atoms. The number of aromatic nitrogens is 2. The lowest BCUT2D eigenvalue weighted by molar-refractivity contribution is 0.0728. The average molecular weight is 409 g/mol. The van der Waals surface area contributed by atoms with Crippen molar-refractivity contribution in [3.63, 3.8) is 0 Å². The van der Waals surface area contributed by atoms with E-state index in [4.69, 9.17) is 4.74 Å². The molecule has 0 aliphatic carbocycles. The third kappa shape index (κ3) is 3.60. The highest BCUT2D eigenvalue weighted by Gasteiger charge is 2.24. The van der Waals surface area contributed by atoms with Crippen LogP contribution in [-0.2, 0) is 0 Å². The van der Waals surface area contributed by atoms with E-state index in [2.05, 4.69) is 10.4 Å². The minimum absolute atomic E-state index is 0.173. The highest BCUT2D eigenvalue weighted by atomic mass is 32.1. The molecular formula is C20H15N3O3S2. The molecule has 8 heteroatoms. The van der Waals surface area contributed by atoms with Crippen molar-refractivity contribution in [3.8, 4) is 11.6 Å². The number of nitrogens with one attached hydrogen (secondary N) is 1. The minimum atomic E-state index is -0.501. The van der Waals surface area contributed by atoms with Crippen LogP contribution in [0.25, 0.3) is 5.69 Å². The summed E-state index contributed by atoms with van der Waals surface area (Å²) in [5, 5.41) is 10.9. The van der Waals surface area contributed by atoms with Gasteiger partial charge >= 0.3 is 5.97 Å². The van der Waals surface area contributed by atoms with Crippen molar-refractivity contribution in [2.75, 3.05) is 5.32 Å². The standard InChI is InChI=1S/C20H15N3O3S2/c1-13-17(21-18(24)15-9-5-11-27-15)19(26-20(25)16-10-6-12-28-16)23(22-13)14-7-3-2-4-8-14/h2-12H,1H3,(H,21,24). The van der Waals surface area contributed by atoms with E-state index in [1.807, 2.05) is 35.7 Å². The molecule has 3 aromatic heterocycles. The molecule has 0 atom stereocenters. The van der Waals surface area contributed by atoms with E-state index in [0.29, 0.717) is 21.1 Å². The van der Waals surface area contributed by atoms with E-state index in [0.717, 1.165) is 5.69 Å². The van der Waals surface area contributed by atoms with Gasteiger partial charge in [0.1, 0.15) is 10.6 Å². The number of esters is 1. The second-order valence-corrected chi connectivity index (χ2v) is 7.71. The number of anilines is 1. The summed E-state index contributed by atoms with van der Waals surface area (Å²) in [7, 11) is 0. The Kier molecular flexibility index (Phi) is 5.05. The highest BCUT2D eigenvalue weighted by Crippen LogP contribution is 2.32. The summed E-state index contributed by atoms with van der Waals surface area (Å²) in [6, 6.07) is 16.3. The van der Waals surface area contributed by atoms with Crippen LogP contribution in [0.1, 0.15) is 25.0 Å². The second-order valence-electron chi connectivity index (χ2n) is 5.81. The zero-order valence-corrected chi connectivity index (χ0v) is 16.4. The van der Waals surface area contributed by atoms with Gasteiger partial charge < -0.3 is 10.1 Å². The van der Waals surface area contributed by atoms with Crippen LogP contribution in [0, 0.1) is 6.92 Å². The van der Waals surface area contributed by atoms with Gasteiger partial charge in [-0.15, -0.1) is 22.7 Å². The van der Waals surface area contributed by atoms with Crippen molar-refractivity contribution in [2.24, 2.45) is 0 Å². The Morgan fingerprint density at radius 3 is 2.29 bits per heavy atom. The van der Waals surface area contributed by atoms with E-state index in [9.17, 15) is 9.59 Å². The fourth-order valence-corrected chi connectivity index (χ4v) is 3.82. The largest absolute Gasteiger partial charge is 0.401 e.